The number of nitrogens with zero attached hydrogens (tertiary/aromatic N) is 6. The first-order valence-electron chi connectivity index (χ1n) is 10.1. The van der Waals surface area contributed by atoms with E-state index in [1.165, 1.54) is 21.6 Å². The van der Waals surface area contributed by atoms with Crippen molar-refractivity contribution in [3.8, 4) is 11.4 Å². The van der Waals surface area contributed by atoms with Crippen LogP contribution in [-0.4, -0.2) is 57.2 Å². The van der Waals surface area contributed by atoms with E-state index in [9.17, 15) is 4.79 Å². The summed E-state index contributed by atoms with van der Waals surface area (Å²) in [6.45, 7) is 7.39. The topological polar surface area (TPSA) is 67.2 Å². The SMILES string of the molecule is CCc1ccc(-c2nnn(CC(=O)N3CCN(c4cccc(C)c4)CC3)n2)cc1. The van der Waals surface area contributed by atoms with Gasteiger partial charge in [0.15, 0.2) is 0 Å². The summed E-state index contributed by atoms with van der Waals surface area (Å²) < 4.78 is 0. The summed E-state index contributed by atoms with van der Waals surface area (Å²) in [6.07, 6.45) is 0.992. The molecule has 1 amide bonds. The number of tetrazole rings is 1. The van der Waals surface area contributed by atoms with Gasteiger partial charge in [0.2, 0.25) is 11.7 Å². The van der Waals surface area contributed by atoms with Crippen LogP contribution in [0.3, 0.4) is 0 Å². The van der Waals surface area contributed by atoms with Crippen molar-refractivity contribution < 1.29 is 4.79 Å². The van der Waals surface area contributed by atoms with Gasteiger partial charge in [-0.25, -0.2) is 0 Å². The molecule has 0 N–H and O–H groups in total. The number of aryl methyl sites for hydroxylation is 2. The monoisotopic (exact) mass is 390 g/mol. The molecule has 0 radical (unpaired) electrons. The number of rotatable bonds is 5. The molecule has 0 bridgehead atoms. The van der Waals surface area contributed by atoms with Crippen LogP contribution in [0.4, 0.5) is 5.69 Å². The number of amides is 1. The Morgan fingerprint density at radius 1 is 1.03 bits per heavy atom. The van der Waals surface area contributed by atoms with E-state index in [0.717, 1.165) is 25.1 Å². The number of piperazine rings is 1. The van der Waals surface area contributed by atoms with Gasteiger partial charge in [0.05, 0.1) is 0 Å². The third-order valence-corrected chi connectivity index (χ3v) is 5.35. The van der Waals surface area contributed by atoms with Gasteiger partial charge in [-0.15, -0.1) is 10.2 Å². The molecule has 0 unspecified atom stereocenters. The molecule has 2 aromatic carbocycles. The number of hydrogen-bond donors (Lipinski definition) is 0. The summed E-state index contributed by atoms with van der Waals surface area (Å²) in [7, 11) is 0. The number of aromatic nitrogens is 4. The summed E-state index contributed by atoms with van der Waals surface area (Å²) in [4.78, 5) is 18.3. The molecule has 29 heavy (non-hydrogen) atoms. The highest BCUT2D eigenvalue weighted by Crippen LogP contribution is 2.18. The molecule has 4 rings (SSSR count). The maximum Gasteiger partial charge on any atom is 0.246 e. The summed E-state index contributed by atoms with van der Waals surface area (Å²) in [5, 5.41) is 12.5. The van der Waals surface area contributed by atoms with Gasteiger partial charge >= 0.3 is 0 Å². The van der Waals surface area contributed by atoms with E-state index in [1.54, 1.807) is 0 Å². The van der Waals surface area contributed by atoms with Crippen LogP contribution in [0.2, 0.25) is 0 Å². The Labute approximate surface area is 170 Å². The molecular formula is C22H26N6O. The number of benzene rings is 2. The minimum atomic E-state index is 0.0270. The first-order chi connectivity index (χ1) is 14.1. The molecule has 1 saturated heterocycles. The molecule has 1 fully saturated rings. The zero-order valence-electron chi connectivity index (χ0n) is 17.0. The van der Waals surface area contributed by atoms with Gasteiger partial charge in [0, 0.05) is 37.4 Å². The van der Waals surface area contributed by atoms with Crippen molar-refractivity contribution in [2.24, 2.45) is 0 Å². The minimum absolute atomic E-state index is 0.0270. The standard InChI is InChI=1S/C22H26N6O/c1-3-18-7-9-19(10-8-18)22-23-25-28(24-22)16-21(29)27-13-11-26(12-14-27)20-6-4-5-17(2)15-20/h4-10,15H,3,11-14,16H2,1-2H3. The molecule has 150 valence electrons. The quantitative estimate of drug-likeness (QED) is 0.670. The summed E-state index contributed by atoms with van der Waals surface area (Å²) in [5.41, 5.74) is 4.64. The van der Waals surface area contributed by atoms with Crippen molar-refractivity contribution in [1.29, 1.82) is 0 Å². The van der Waals surface area contributed by atoms with Crippen LogP contribution >= 0.6 is 0 Å². The highest BCUT2D eigenvalue weighted by atomic mass is 16.2. The Balaban J connectivity index is 1.34. The fourth-order valence-electron chi connectivity index (χ4n) is 3.57. The lowest BCUT2D eigenvalue weighted by molar-refractivity contribution is -0.132. The molecule has 7 heteroatoms. The predicted molar refractivity (Wildman–Crippen MR) is 113 cm³/mol. The van der Waals surface area contributed by atoms with Crippen molar-refractivity contribution in [1.82, 2.24) is 25.1 Å². The van der Waals surface area contributed by atoms with Gasteiger partial charge in [-0.05, 0) is 41.8 Å². The molecule has 0 spiro atoms. The second kappa shape index (κ2) is 8.43. The molecule has 2 heterocycles. The van der Waals surface area contributed by atoms with E-state index < -0.39 is 0 Å². The van der Waals surface area contributed by atoms with E-state index in [2.05, 4.69) is 70.6 Å². The van der Waals surface area contributed by atoms with Gasteiger partial charge < -0.3 is 9.80 Å². The van der Waals surface area contributed by atoms with E-state index in [4.69, 9.17) is 0 Å². The Morgan fingerprint density at radius 3 is 2.48 bits per heavy atom. The van der Waals surface area contributed by atoms with Crippen LogP contribution < -0.4 is 4.90 Å². The molecule has 1 aromatic heterocycles. The molecule has 0 saturated carbocycles. The predicted octanol–water partition coefficient (Wildman–Crippen LogP) is 2.56. The minimum Gasteiger partial charge on any atom is -0.368 e. The fraction of sp³-hybridized carbons (Fsp3) is 0.364. The highest BCUT2D eigenvalue weighted by Gasteiger charge is 2.22. The van der Waals surface area contributed by atoms with Crippen molar-refractivity contribution in [2.45, 2.75) is 26.8 Å². The van der Waals surface area contributed by atoms with Gasteiger partial charge in [-0.1, -0.05) is 43.3 Å². The molecule has 0 atom stereocenters. The first-order valence-corrected chi connectivity index (χ1v) is 10.1. The Hall–Kier alpha value is -3.22. The maximum atomic E-state index is 12.7. The maximum absolute atomic E-state index is 12.7. The smallest absolute Gasteiger partial charge is 0.246 e. The number of carbonyl (C=O) groups is 1. The van der Waals surface area contributed by atoms with Gasteiger partial charge in [-0.2, -0.15) is 4.80 Å². The molecule has 1 aliphatic heterocycles. The van der Waals surface area contributed by atoms with Crippen LogP contribution in [0, 0.1) is 6.92 Å². The second-order valence-corrected chi connectivity index (χ2v) is 7.40. The summed E-state index contributed by atoms with van der Waals surface area (Å²) in [6, 6.07) is 16.6. The van der Waals surface area contributed by atoms with Crippen LogP contribution in [0.5, 0.6) is 0 Å². The van der Waals surface area contributed by atoms with Crippen LogP contribution in [0.1, 0.15) is 18.1 Å². The molecule has 1 aliphatic rings. The number of hydrogen-bond acceptors (Lipinski definition) is 5. The average Bonchev–Trinajstić information content (AvgIpc) is 3.22. The third kappa shape index (κ3) is 4.45. The lowest BCUT2D eigenvalue weighted by atomic mass is 10.1. The number of carbonyl (C=O) groups excluding carboxylic acids is 1. The van der Waals surface area contributed by atoms with Crippen molar-refractivity contribution in [2.75, 3.05) is 31.1 Å². The van der Waals surface area contributed by atoms with Crippen molar-refractivity contribution in [3.05, 3.63) is 59.7 Å². The van der Waals surface area contributed by atoms with E-state index in [0.29, 0.717) is 18.9 Å². The zero-order chi connectivity index (χ0) is 20.2. The second-order valence-electron chi connectivity index (χ2n) is 7.40. The molecule has 0 aliphatic carbocycles. The number of anilines is 1. The zero-order valence-corrected chi connectivity index (χ0v) is 17.0. The Morgan fingerprint density at radius 2 is 1.79 bits per heavy atom. The van der Waals surface area contributed by atoms with Crippen LogP contribution in [0.15, 0.2) is 48.5 Å². The van der Waals surface area contributed by atoms with Crippen molar-refractivity contribution >= 4 is 11.6 Å². The molecule has 3 aromatic rings. The lowest BCUT2D eigenvalue weighted by Crippen LogP contribution is -2.49. The molecule has 7 nitrogen and oxygen atoms in total. The van der Waals surface area contributed by atoms with E-state index in [-0.39, 0.29) is 12.5 Å². The first kappa shape index (κ1) is 19.1. The normalized spacial score (nSPS) is 14.3. The fourth-order valence-corrected chi connectivity index (χ4v) is 3.57. The van der Waals surface area contributed by atoms with Crippen LogP contribution in [0.25, 0.3) is 11.4 Å². The Bertz CT molecular complexity index is 973. The largest absolute Gasteiger partial charge is 0.368 e. The molecular weight excluding hydrogens is 364 g/mol. The lowest BCUT2D eigenvalue weighted by Gasteiger charge is -2.36. The van der Waals surface area contributed by atoms with Gasteiger partial charge in [-0.3, -0.25) is 4.79 Å². The van der Waals surface area contributed by atoms with E-state index >= 15 is 0 Å². The van der Waals surface area contributed by atoms with Crippen LogP contribution in [-0.2, 0) is 17.8 Å². The summed E-state index contributed by atoms with van der Waals surface area (Å²) in [5.74, 6) is 0.573. The van der Waals surface area contributed by atoms with Crippen molar-refractivity contribution in [3.63, 3.8) is 0 Å². The third-order valence-electron chi connectivity index (χ3n) is 5.35. The summed E-state index contributed by atoms with van der Waals surface area (Å²) >= 11 is 0. The Kier molecular flexibility index (Phi) is 5.55. The highest BCUT2D eigenvalue weighted by molar-refractivity contribution is 5.76. The average molecular weight is 390 g/mol. The van der Waals surface area contributed by atoms with Gasteiger partial charge in [0.25, 0.3) is 0 Å². The van der Waals surface area contributed by atoms with Gasteiger partial charge in [0.1, 0.15) is 6.54 Å². The van der Waals surface area contributed by atoms with E-state index in [1.807, 2.05) is 17.0 Å².